The van der Waals surface area contributed by atoms with Crippen LogP contribution in [0.3, 0.4) is 0 Å². The van der Waals surface area contributed by atoms with Crippen molar-refractivity contribution in [1.29, 1.82) is 0 Å². The van der Waals surface area contributed by atoms with Crippen LogP contribution in [0.4, 0.5) is 0 Å². The van der Waals surface area contributed by atoms with E-state index in [1.165, 1.54) is 0 Å². The summed E-state index contributed by atoms with van der Waals surface area (Å²) >= 11 is -0.826. The fourth-order valence-corrected chi connectivity index (χ4v) is 1.40. The van der Waals surface area contributed by atoms with E-state index in [-0.39, 0.29) is 0 Å². The molecule has 0 bridgehead atoms. The molecule has 0 heterocycles. The average molecular weight is 355 g/mol. The molecule has 1 aromatic carbocycles. The van der Waals surface area contributed by atoms with E-state index in [1.54, 1.807) is 27.5 Å². The van der Waals surface area contributed by atoms with Crippen LogP contribution in [-0.2, 0) is 20.8 Å². The molecule has 0 unspecified atom stereocenters. The summed E-state index contributed by atoms with van der Waals surface area (Å²) in [4.78, 5) is 3.97. The number of ether oxygens (including phenoxy) is 2. The molecule has 0 saturated heterocycles. The molecule has 1 aromatic rings. The first-order valence-corrected chi connectivity index (χ1v) is 11.1. The van der Waals surface area contributed by atoms with Gasteiger partial charge in [-0.15, -0.1) is 0 Å². The number of benzene rings is 1. The van der Waals surface area contributed by atoms with Gasteiger partial charge in [-0.1, -0.05) is 0 Å². The van der Waals surface area contributed by atoms with E-state index in [1.807, 2.05) is 19.1 Å². The van der Waals surface area contributed by atoms with Crippen LogP contribution >= 0.6 is 17.0 Å². The Morgan fingerprint density at radius 1 is 1.24 bits per heavy atom. The number of aliphatic imine (C=N–C) groups is 1. The van der Waals surface area contributed by atoms with Gasteiger partial charge in [0.15, 0.2) is 0 Å². The summed E-state index contributed by atoms with van der Waals surface area (Å²) in [5, 5.41) is 0. The molecule has 0 atom stereocenters. The van der Waals surface area contributed by atoms with Gasteiger partial charge in [-0.05, 0) is 24.6 Å². The molecule has 0 aliphatic rings. The zero-order valence-electron chi connectivity index (χ0n) is 10.3. The van der Waals surface area contributed by atoms with Crippen molar-refractivity contribution in [2.45, 2.75) is 6.92 Å². The Morgan fingerprint density at radius 3 is 2.24 bits per heavy atom. The van der Waals surface area contributed by atoms with Gasteiger partial charge >= 0.3 is 37.9 Å². The molecule has 94 valence electrons. The van der Waals surface area contributed by atoms with E-state index in [4.69, 9.17) is 26.5 Å². The van der Waals surface area contributed by atoms with E-state index >= 15 is 0 Å². The summed E-state index contributed by atoms with van der Waals surface area (Å²) in [6, 6.07) is 3.84. The van der Waals surface area contributed by atoms with Gasteiger partial charge in [0, 0.05) is 18.8 Å². The van der Waals surface area contributed by atoms with Crippen molar-refractivity contribution in [3.63, 3.8) is 0 Å². The molecule has 3 nitrogen and oxygen atoms in total. The van der Waals surface area contributed by atoms with Crippen LogP contribution in [0.1, 0.15) is 11.1 Å². The van der Waals surface area contributed by atoms with Gasteiger partial charge in [-0.25, -0.2) is 0 Å². The Hall–Kier alpha value is -0.0469. The quantitative estimate of drug-likeness (QED) is 0.778. The molecular formula is C11H15Cl2NO2Zr. The first kappa shape index (κ1) is 17.0. The van der Waals surface area contributed by atoms with Gasteiger partial charge in [0.05, 0.1) is 14.2 Å². The molecule has 0 aliphatic carbocycles. The number of methoxy groups -OCH3 is 2. The SMILES string of the molecule is CN=Cc1cc(OC)cc(C)c1OC.[Cl][Zr][Cl]. The molecule has 6 heteroatoms. The maximum atomic E-state index is 5.28. The van der Waals surface area contributed by atoms with Gasteiger partial charge in [0.25, 0.3) is 0 Å². The van der Waals surface area contributed by atoms with E-state index in [0.29, 0.717) is 0 Å². The monoisotopic (exact) mass is 353 g/mol. The summed E-state index contributed by atoms with van der Waals surface area (Å²) in [6.07, 6.45) is 1.76. The third-order valence-electron chi connectivity index (χ3n) is 1.98. The Labute approximate surface area is 121 Å². The van der Waals surface area contributed by atoms with Gasteiger partial charge in [0.1, 0.15) is 11.5 Å². The summed E-state index contributed by atoms with van der Waals surface area (Å²) < 4.78 is 10.4. The molecule has 0 saturated carbocycles. The Morgan fingerprint density at radius 2 is 1.82 bits per heavy atom. The second-order valence-electron chi connectivity index (χ2n) is 3.03. The molecular weight excluding hydrogens is 340 g/mol. The van der Waals surface area contributed by atoms with Crippen LogP contribution in [0.5, 0.6) is 11.5 Å². The molecule has 0 fully saturated rings. The van der Waals surface area contributed by atoms with Crippen LogP contribution < -0.4 is 9.47 Å². The van der Waals surface area contributed by atoms with Crippen LogP contribution in [0.25, 0.3) is 0 Å². The third kappa shape index (κ3) is 5.90. The number of aryl methyl sites for hydroxylation is 1. The number of halogens is 2. The molecule has 17 heavy (non-hydrogen) atoms. The fraction of sp³-hybridized carbons (Fsp3) is 0.364. The molecule has 0 amide bonds. The number of hydrogen-bond donors (Lipinski definition) is 0. The fourth-order valence-electron chi connectivity index (χ4n) is 1.40. The second kappa shape index (κ2) is 9.93. The predicted molar refractivity (Wildman–Crippen MR) is 69.5 cm³/mol. The minimum atomic E-state index is -0.826. The van der Waals surface area contributed by atoms with Gasteiger partial charge in [0.2, 0.25) is 0 Å². The molecule has 0 radical (unpaired) electrons. The molecule has 1 rings (SSSR count). The predicted octanol–water partition coefficient (Wildman–Crippen LogP) is 3.44. The molecule has 0 N–H and O–H groups in total. The minimum absolute atomic E-state index is 0.818. The average Bonchev–Trinajstić information content (AvgIpc) is 2.30. The Balaban J connectivity index is 0.000000770. The summed E-state index contributed by atoms with van der Waals surface area (Å²) in [6.45, 7) is 1.98. The molecule has 0 aromatic heterocycles. The topological polar surface area (TPSA) is 30.8 Å². The van der Waals surface area contributed by atoms with Crippen LogP contribution in [-0.4, -0.2) is 27.5 Å². The maximum absolute atomic E-state index is 5.28. The van der Waals surface area contributed by atoms with Crippen molar-refractivity contribution in [3.8, 4) is 11.5 Å². The Bertz CT molecular complexity index is 373. The normalized spacial score (nSPS) is 9.53. The second-order valence-corrected chi connectivity index (χ2v) is 6.76. The first-order chi connectivity index (χ1) is 8.14. The standard InChI is InChI=1S/C11H15NO2.2ClH.Zr/c1-8-5-10(13-3)6-9(7-12-2)11(8)14-4;;;/h5-7H,1-4H3;2*1H;/q;;;+2/p-2. The Kier molecular flexibility index (Phi) is 9.90. The molecule has 0 spiro atoms. The third-order valence-corrected chi connectivity index (χ3v) is 1.98. The number of nitrogens with zero attached hydrogens (tertiary/aromatic N) is 1. The van der Waals surface area contributed by atoms with Crippen molar-refractivity contribution in [3.05, 3.63) is 23.3 Å². The van der Waals surface area contributed by atoms with Crippen LogP contribution in [0.15, 0.2) is 17.1 Å². The van der Waals surface area contributed by atoms with Crippen molar-refractivity contribution in [2.75, 3.05) is 21.3 Å². The van der Waals surface area contributed by atoms with E-state index in [0.717, 1.165) is 22.6 Å². The van der Waals surface area contributed by atoms with Crippen LogP contribution in [0.2, 0.25) is 0 Å². The number of hydrogen-bond acceptors (Lipinski definition) is 3. The van der Waals surface area contributed by atoms with Gasteiger partial charge in [-0.2, -0.15) is 0 Å². The molecule has 0 aliphatic heterocycles. The van der Waals surface area contributed by atoms with Crippen molar-refractivity contribution < 1.29 is 30.3 Å². The summed E-state index contributed by atoms with van der Waals surface area (Å²) in [5.41, 5.74) is 1.98. The van der Waals surface area contributed by atoms with Gasteiger partial charge in [-0.3, -0.25) is 4.99 Å². The van der Waals surface area contributed by atoms with Crippen molar-refractivity contribution >= 4 is 23.2 Å². The van der Waals surface area contributed by atoms with E-state index in [2.05, 4.69) is 4.99 Å². The summed E-state index contributed by atoms with van der Waals surface area (Å²) in [5.74, 6) is 1.66. The first-order valence-electron chi connectivity index (χ1n) is 4.75. The van der Waals surface area contributed by atoms with Crippen molar-refractivity contribution in [1.82, 2.24) is 0 Å². The zero-order valence-corrected chi connectivity index (χ0v) is 14.2. The number of rotatable bonds is 3. The van der Waals surface area contributed by atoms with E-state index < -0.39 is 20.8 Å². The zero-order chi connectivity index (χ0) is 13.3. The van der Waals surface area contributed by atoms with Crippen molar-refractivity contribution in [2.24, 2.45) is 4.99 Å². The van der Waals surface area contributed by atoms with Gasteiger partial charge < -0.3 is 9.47 Å². The van der Waals surface area contributed by atoms with Crippen LogP contribution in [0, 0.1) is 6.92 Å². The van der Waals surface area contributed by atoms with E-state index in [9.17, 15) is 0 Å². The summed E-state index contributed by atoms with van der Waals surface area (Å²) in [7, 11) is 14.9.